The van der Waals surface area contributed by atoms with E-state index in [4.69, 9.17) is 4.42 Å². The molecule has 3 aromatic rings. The minimum Gasteiger partial charge on any atom is -0.507 e. The van der Waals surface area contributed by atoms with Crippen LogP contribution in [-0.2, 0) is 22.4 Å². The molecule has 33 heavy (non-hydrogen) atoms. The highest BCUT2D eigenvalue weighted by atomic mass is 19.2. The van der Waals surface area contributed by atoms with E-state index in [0.717, 1.165) is 48.3 Å². The fourth-order valence-electron chi connectivity index (χ4n) is 4.64. The van der Waals surface area contributed by atoms with Crippen LogP contribution < -0.4 is 4.90 Å². The fraction of sp³-hybridized carbons (Fsp3) is 0.231. The van der Waals surface area contributed by atoms with Crippen molar-refractivity contribution in [3.63, 3.8) is 0 Å². The summed E-state index contributed by atoms with van der Waals surface area (Å²) in [6, 6.07) is 10.6. The lowest BCUT2D eigenvalue weighted by molar-refractivity contribution is -0.132. The maximum absolute atomic E-state index is 14.0. The molecule has 2 aromatic carbocycles. The van der Waals surface area contributed by atoms with Gasteiger partial charge in [-0.1, -0.05) is 12.1 Å². The summed E-state index contributed by atoms with van der Waals surface area (Å²) in [6.07, 6.45) is 3.99. The third kappa shape index (κ3) is 3.53. The Morgan fingerprint density at radius 1 is 0.970 bits per heavy atom. The van der Waals surface area contributed by atoms with E-state index < -0.39 is 29.4 Å². The van der Waals surface area contributed by atoms with Crippen molar-refractivity contribution in [2.75, 3.05) is 4.90 Å². The third-order valence-electron chi connectivity index (χ3n) is 6.28. The fourth-order valence-corrected chi connectivity index (χ4v) is 4.64. The summed E-state index contributed by atoms with van der Waals surface area (Å²) in [5, 5.41) is 11.2. The Balaban J connectivity index is 1.69. The Kier molecular flexibility index (Phi) is 5.12. The molecule has 1 saturated heterocycles. The first kappa shape index (κ1) is 21.1. The van der Waals surface area contributed by atoms with E-state index in [9.17, 15) is 23.5 Å². The zero-order valence-corrected chi connectivity index (χ0v) is 17.9. The summed E-state index contributed by atoms with van der Waals surface area (Å²) in [7, 11) is 0. The molecule has 2 heterocycles. The van der Waals surface area contributed by atoms with Crippen LogP contribution in [0.1, 0.15) is 47.1 Å². The normalized spacial score (nSPS) is 19.7. The van der Waals surface area contributed by atoms with Crippen LogP contribution >= 0.6 is 0 Å². The summed E-state index contributed by atoms with van der Waals surface area (Å²) in [4.78, 5) is 27.2. The van der Waals surface area contributed by atoms with Crippen molar-refractivity contribution < 1.29 is 27.9 Å². The number of aliphatic hydroxyl groups is 1. The van der Waals surface area contributed by atoms with Gasteiger partial charge in [-0.15, -0.1) is 0 Å². The quantitative estimate of drug-likeness (QED) is 0.332. The molecule has 0 bridgehead atoms. The molecule has 1 aliphatic carbocycles. The number of ketones is 1. The predicted molar refractivity (Wildman–Crippen MR) is 118 cm³/mol. The molecule has 168 valence electrons. The first-order valence-electron chi connectivity index (χ1n) is 10.8. The van der Waals surface area contributed by atoms with Crippen molar-refractivity contribution in [1.82, 2.24) is 0 Å². The van der Waals surface area contributed by atoms with Crippen LogP contribution in [0.15, 0.2) is 58.5 Å². The zero-order valence-electron chi connectivity index (χ0n) is 17.9. The number of furan rings is 1. The number of anilines is 1. The molecule has 1 unspecified atom stereocenters. The van der Waals surface area contributed by atoms with Crippen molar-refractivity contribution in [3.05, 3.63) is 93.9 Å². The molecule has 1 N–H and O–H groups in total. The van der Waals surface area contributed by atoms with Gasteiger partial charge in [0.15, 0.2) is 11.6 Å². The van der Waals surface area contributed by atoms with Crippen LogP contribution in [-0.4, -0.2) is 16.8 Å². The molecule has 1 amide bonds. The summed E-state index contributed by atoms with van der Waals surface area (Å²) < 4.78 is 33.2. The number of hydrogen-bond donors (Lipinski definition) is 1. The van der Waals surface area contributed by atoms with Gasteiger partial charge in [0.2, 0.25) is 0 Å². The molecular weight excluding hydrogens is 428 g/mol. The lowest BCUT2D eigenvalue weighted by Crippen LogP contribution is -2.29. The average Bonchev–Trinajstić information content (AvgIpc) is 3.35. The number of nitrogens with zero attached hydrogens (tertiary/aromatic N) is 1. The number of carbonyl (C=O) groups is 2. The Hall–Kier alpha value is -3.74. The lowest BCUT2D eigenvalue weighted by Gasteiger charge is -2.23. The van der Waals surface area contributed by atoms with Gasteiger partial charge in [-0.05, 0) is 74.1 Å². The summed E-state index contributed by atoms with van der Waals surface area (Å²) >= 11 is 0. The molecule has 1 aromatic heterocycles. The highest BCUT2D eigenvalue weighted by Crippen LogP contribution is 2.43. The number of hydrogen-bond acceptors (Lipinski definition) is 4. The van der Waals surface area contributed by atoms with Gasteiger partial charge in [0.25, 0.3) is 11.7 Å². The van der Waals surface area contributed by atoms with Crippen LogP contribution in [0.3, 0.4) is 0 Å². The summed E-state index contributed by atoms with van der Waals surface area (Å²) in [5.41, 5.74) is 2.56. The van der Waals surface area contributed by atoms with Crippen LogP contribution in [0.25, 0.3) is 5.76 Å². The number of fused-ring (bicyclic) bond motifs is 1. The molecular formula is C26H21F2NO4. The van der Waals surface area contributed by atoms with E-state index >= 15 is 0 Å². The molecule has 0 radical (unpaired) electrons. The Morgan fingerprint density at radius 3 is 2.42 bits per heavy atom. The summed E-state index contributed by atoms with van der Waals surface area (Å²) in [6.45, 7) is 1.71. The second-order valence-electron chi connectivity index (χ2n) is 8.41. The molecule has 1 atom stereocenters. The zero-order chi connectivity index (χ0) is 23.3. The van der Waals surface area contributed by atoms with Gasteiger partial charge < -0.3 is 9.52 Å². The first-order chi connectivity index (χ1) is 15.8. The number of amides is 1. The standard InChI is InChI=1S/C26H21F2NO4/c1-14-6-11-21(33-14)23-22(24(30)17-8-7-15-4-2-3-5-16(15)12-17)25(31)26(32)29(23)18-9-10-19(27)20(28)13-18/h6-13,23,30H,2-5H2,1H3/b24-22-. The van der Waals surface area contributed by atoms with Gasteiger partial charge in [-0.25, -0.2) is 8.78 Å². The Morgan fingerprint density at radius 2 is 1.73 bits per heavy atom. The molecule has 7 heteroatoms. The largest absolute Gasteiger partial charge is 0.507 e. The van der Waals surface area contributed by atoms with Crippen molar-refractivity contribution in [1.29, 1.82) is 0 Å². The first-order valence-corrected chi connectivity index (χ1v) is 10.8. The van der Waals surface area contributed by atoms with E-state index in [0.29, 0.717) is 11.3 Å². The van der Waals surface area contributed by atoms with Gasteiger partial charge in [-0.3, -0.25) is 14.5 Å². The van der Waals surface area contributed by atoms with Crippen LogP contribution in [0.2, 0.25) is 0 Å². The molecule has 2 aliphatic rings. The number of rotatable bonds is 3. The van der Waals surface area contributed by atoms with Crippen molar-refractivity contribution in [3.8, 4) is 0 Å². The molecule has 0 saturated carbocycles. The van der Waals surface area contributed by atoms with E-state index in [1.807, 2.05) is 12.1 Å². The molecule has 0 spiro atoms. The maximum Gasteiger partial charge on any atom is 0.300 e. The van der Waals surface area contributed by atoms with Crippen LogP contribution in [0.5, 0.6) is 0 Å². The van der Waals surface area contributed by atoms with Gasteiger partial charge in [0.05, 0.1) is 5.57 Å². The summed E-state index contributed by atoms with van der Waals surface area (Å²) in [5.74, 6) is -3.67. The van der Waals surface area contributed by atoms with Crippen molar-refractivity contribution >= 4 is 23.1 Å². The SMILES string of the molecule is Cc1ccc(C2/C(=C(/O)c3ccc4c(c3)CCCC4)C(=O)C(=O)N2c2ccc(F)c(F)c2)o1. The van der Waals surface area contributed by atoms with Gasteiger partial charge in [0, 0.05) is 17.3 Å². The second kappa shape index (κ2) is 7.99. The maximum atomic E-state index is 14.0. The molecule has 5 rings (SSSR count). The number of Topliss-reactive ketones (excluding diaryl/α,β-unsaturated/α-hetero) is 1. The van der Waals surface area contributed by atoms with E-state index in [2.05, 4.69) is 0 Å². The molecule has 1 fully saturated rings. The van der Waals surface area contributed by atoms with Crippen LogP contribution in [0, 0.1) is 18.6 Å². The number of benzene rings is 2. The van der Waals surface area contributed by atoms with Crippen LogP contribution in [0.4, 0.5) is 14.5 Å². The third-order valence-corrected chi connectivity index (χ3v) is 6.28. The minimum absolute atomic E-state index is 0.0143. The number of halogens is 2. The number of carbonyl (C=O) groups excluding carboxylic acids is 2. The van der Waals surface area contributed by atoms with E-state index in [1.54, 1.807) is 25.1 Å². The topological polar surface area (TPSA) is 70.8 Å². The monoisotopic (exact) mass is 449 g/mol. The molecule has 5 nitrogen and oxygen atoms in total. The Labute approximate surface area is 188 Å². The van der Waals surface area contributed by atoms with Crippen molar-refractivity contribution in [2.45, 2.75) is 38.6 Å². The number of aliphatic hydroxyl groups excluding tert-OH is 1. The molecule has 1 aliphatic heterocycles. The highest BCUT2D eigenvalue weighted by Gasteiger charge is 2.48. The van der Waals surface area contributed by atoms with Gasteiger partial charge >= 0.3 is 0 Å². The van der Waals surface area contributed by atoms with E-state index in [-0.39, 0.29) is 22.8 Å². The highest BCUT2D eigenvalue weighted by molar-refractivity contribution is 6.51. The van der Waals surface area contributed by atoms with E-state index in [1.165, 1.54) is 11.6 Å². The average molecular weight is 449 g/mol. The van der Waals surface area contributed by atoms with Crippen molar-refractivity contribution in [2.24, 2.45) is 0 Å². The second-order valence-corrected chi connectivity index (χ2v) is 8.41. The van der Waals surface area contributed by atoms with Gasteiger partial charge in [-0.2, -0.15) is 0 Å². The predicted octanol–water partition coefficient (Wildman–Crippen LogP) is 5.37. The lowest BCUT2D eigenvalue weighted by atomic mass is 9.89. The number of aryl methyl sites for hydroxylation is 3. The minimum atomic E-state index is -1.15. The smallest absolute Gasteiger partial charge is 0.300 e. The van der Waals surface area contributed by atoms with Gasteiger partial charge in [0.1, 0.15) is 23.3 Å². The Bertz CT molecular complexity index is 1320.